The molecule has 1 heterocycles. The molecule has 1 saturated carbocycles. The molecular formula is C14H17BrO2. The Balaban J connectivity index is 1.96. The Bertz CT molecular complexity index is 424. The molecule has 17 heavy (non-hydrogen) atoms. The normalized spacial score (nSPS) is 21.3. The van der Waals surface area contributed by atoms with E-state index in [1.54, 1.807) is 0 Å². The van der Waals surface area contributed by atoms with Gasteiger partial charge in [0.25, 0.3) is 0 Å². The lowest BCUT2D eigenvalue weighted by Gasteiger charge is -2.20. The van der Waals surface area contributed by atoms with Gasteiger partial charge in [0.1, 0.15) is 5.75 Å². The predicted molar refractivity (Wildman–Crippen MR) is 70.3 cm³/mol. The molecule has 2 aliphatic rings. The van der Waals surface area contributed by atoms with Gasteiger partial charge in [-0.15, -0.1) is 0 Å². The van der Waals surface area contributed by atoms with Gasteiger partial charge in [0, 0.05) is 16.5 Å². The van der Waals surface area contributed by atoms with E-state index in [4.69, 9.17) is 4.74 Å². The first-order chi connectivity index (χ1) is 8.25. The van der Waals surface area contributed by atoms with E-state index in [1.807, 2.05) is 6.07 Å². The smallest absolute Gasteiger partial charge is 0.128 e. The first kappa shape index (κ1) is 11.5. The third kappa shape index (κ3) is 2.11. The zero-order chi connectivity index (χ0) is 11.8. The van der Waals surface area contributed by atoms with Gasteiger partial charge >= 0.3 is 0 Å². The number of halogens is 1. The minimum atomic E-state index is -0.359. The van der Waals surface area contributed by atoms with E-state index in [0.29, 0.717) is 5.92 Å². The van der Waals surface area contributed by atoms with Crippen molar-refractivity contribution in [2.45, 2.75) is 38.2 Å². The second-order valence-corrected chi connectivity index (χ2v) is 5.99. The van der Waals surface area contributed by atoms with Crippen molar-refractivity contribution in [3.05, 3.63) is 27.7 Å². The minimum Gasteiger partial charge on any atom is -0.493 e. The molecule has 0 saturated heterocycles. The summed E-state index contributed by atoms with van der Waals surface area (Å²) in [6.07, 6.45) is 5.38. The number of aliphatic hydroxyl groups excluding tert-OH is 1. The SMILES string of the molecule is OC(c1cc(Br)cc2c1OCC2)C1CCCC1. The first-order valence-corrected chi connectivity index (χ1v) is 7.18. The van der Waals surface area contributed by atoms with E-state index >= 15 is 0 Å². The molecule has 0 radical (unpaired) electrons. The molecule has 0 aromatic heterocycles. The van der Waals surface area contributed by atoms with Gasteiger partial charge in [-0.05, 0) is 36.5 Å². The molecule has 92 valence electrons. The van der Waals surface area contributed by atoms with Crippen LogP contribution in [0.2, 0.25) is 0 Å². The van der Waals surface area contributed by atoms with E-state index in [0.717, 1.165) is 41.7 Å². The number of hydrogen-bond acceptors (Lipinski definition) is 2. The van der Waals surface area contributed by atoms with Crippen molar-refractivity contribution in [1.29, 1.82) is 0 Å². The van der Waals surface area contributed by atoms with Crippen LogP contribution in [-0.4, -0.2) is 11.7 Å². The summed E-state index contributed by atoms with van der Waals surface area (Å²) in [6, 6.07) is 4.13. The average Bonchev–Trinajstić information content (AvgIpc) is 2.97. The summed E-state index contributed by atoms with van der Waals surface area (Å²) in [7, 11) is 0. The van der Waals surface area contributed by atoms with Crippen molar-refractivity contribution in [2.75, 3.05) is 6.61 Å². The highest BCUT2D eigenvalue weighted by atomic mass is 79.9. The number of rotatable bonds is 2. The van der Waals surface area contributed by atoms with Gasteiger partial charge in [-0.3, -0.25) is 0 Å². The summed E-state index contributed by atoms with van der Waals surface area (Å²) in [5, 5.41) is 10.5. The van der Waals surface area contributed by atoms with Crippen LogP contribution in [0, 0.1) is 5.92 Å². The summed E-state index contributed by atoms with van der Waals surface area (Å²) in [6.45, 7) is 0.746. The molecule has 3 rings (SSSR count). The molecular weight excluding hydrogens is 280 g/mol. The van der Waals surface area contributed by atoms with Gasteiger partial charge in [0.05, 0.1) is 12.7 Å². The lowest BCUT2D eigenvalue weighted by molar-refractivity contribution is 0.108. The molecule has 1 atom stereocenters. The van der Waals surface area contributed by atoms with E-state index in [1.165, 1.54) is 18.4 Å². The van der Waals surface area contributed by atoms with Crippen molar-refractivity contribution in [2.24, 2.45) is 5.92 Å². The van der Waals surface area contributed by atoms with Crippen molar-refractivity contribution in [1.82, 2.24) is 0 Å². The van der Waals surface area contributed by atoms with Crippen molar-refractivity contribution in [3.63, 3.8) is 0 Å². The molecule has 1 N–H and O–H groups in total. The number of fused-ring (bicyclic) bond motifs is 1. The maximum absolute atomic E-state index is 10.5. The summed E-state index contributed by atoms with van der Waals surface area (Å²) in [4.78, 5) is 0. The second-order valence-electron chi connectivity index (χ2n) is 5.07. The van der Waals surface area contributed by atoms with Crippen LogP contribution >= 0.6 is 15.9 Å². The quantitative estimate of drug-likeness (QED) is 0.903. The molecule has 1 unspecified atom stereocenters. The Labute approximate surface area is 110 Å². The van der Waals surface area contributed by atoms with E-state index < -0.39 is 0 Å². The van der Waals surface area contributed by atoms with Crippen LogP contribution in [0.4, 0.5) is 0 Å². The van der Waals surface area contributed by atoms with E-state index in [9.17, 15) is 5.11 Å². The van der Waals surface area contributed by atoms with E-state index in [2.05, 4.69) is 22.0 Å². The van der Waals surface area contributed by atoms with Gasteiger partial charge in [-0.2, -0.15) is 0 Å². The molecule has 0 bridgehead atoms. The molecule has 2 nitrogen and oxygen atoms in total. The molecule has 1 fully saturated rings. The van der Waals surface area contributed by atoms with Gasteiger partial charge in [-0.1, -0.05) is 28.8 Å². The van der Waals surface area contributed by atoms with E-state index in [-0.39, 0.29) is 6.10 Å². The van der Waals surface area contributed by atoms with Crippen LogP contribution < -0.4 is 4.74 Å². The van der Waals surface area contributed by atoms with Crippen LogP contribution in [-0.2, 0) is 6.42 Å². The maximum atomic E-state index is 10.5. The predicted octanol–water partition coefficient (Wildman–Crippen LogP) is 3.61. The maximum Gasteiger partial charge on any atom is 0.128 e. The molecule has 0 spiro atoms. The average molecular weight is 297 g/mol. The Morgan fingerprint density at radius 2 is 2.06 bits per heavy atom. The van der Waals surface area contributed by atoms with Gasteiger partial charge < -0.3 is 9.84 Å². The fourth-order valence-electron chi connectivity index (χ4n) is 3.04. The zero-order valence-electron chi connectivity index (χ0n) is 9.79. The highest BCUT2D eigenvalue weighted by molar-refractivity contribution is 9.10. The highest BCUT2D eigenvalue weighted by Gasteiger charge is 2.29. The third-order valence-electron chi connectivity index (χ3n) is 3.94. The number of aliphatic hydroxyl groups is 1. The number of hydrogen-bond donors (Lipinski definition) is 1. The van der Waals surface area contributed by atoms with Crippen LogP contribution in [0.15, 0.2) is 16.6 Å². The third-order valence-corrected chi connectivity index (χ3v) is 4.40. The summed E-state index contributed by atoms with van der Waals surface area (Å²) in [5.74, 6) is 1.35. The van der Waals surface area contributed by atoms with Crippen molar-refractivity contribution < 1.29 is 9.84 Å². The molecule has 1 aromatic carbocycles. The fraction of sp³-hybridized carbons (Fsp3) is 0.571. The Kier molecular flexibility index (Phi) is 3.14. The minimum absolute atomic E-state index is 0.359. The second kappa shape index (κ2) is 4.62. The Morgan fingerprint density at radius 1 is 1.29 bits per heavy atom. The van der Waals surface area contributed by atoms with Gasteiger partial charge in [-0.25, -0.2) is 0 Å². The van der Waals surface area contributed by atoms with Gasteiger partial charge in [0.15, 0.2) is 0 Å². The number of ether oxygens (including phenoxy) is 1. The summed E-state index contributed by atoms with van der Waals surface area (Å²) >= 11 is 3.53. The fourth-order valence-corrected chi connectivity index (χ4v) is 3.57. The Hall–Kier alpha value is -0.540. The highest BCUT2D eigenvalue weighted by Crippen LogP contribution is 2.42. The number of benzene rings is 1. The van der Waals surface area contributed by atoms with Crippen LogP contribution in [0.3, 0.4) is 0 Å². The standard InChI is InChI=1S/C14H17BrO2/c15-11-7-10-5-6-17-14(10)12(8-11)13(16)9-3-1-2-4-9/h7-9,13,16H,1-6H2. The lowest BCUT2D eigenvalue weighted by atomic mass is 9.92. The molecule has 1 aromatic rings. The van der Waals surface area contributed by atoms with Crippen LogP contribution in [0.25, 0.3) is 0 Å². The van der Waals surface area contributed by atoms with Gasteiger partial charge in [0.2, 0.25) is 0 Å². The van der Waals surface area contributed by atoms with Crippen LogP contribution in [0.5, 0.6) is 5.75 Å². The lowest BCUT2D eigenvalue weighted by Crippen LogP contribution is -2.10. The van der Waals surface area contributed by atoms with Crippen LogP contribution in [0.1, 0.15) is 42.9 Å². The molecule has 3 heteroatoms. The molecule has 1 aliphatic heterocycles. The molecule has 1 aliphatic carbocycles. The summed E-state index contributed by atoms with van der Waals surface area (Å²) < 4.78 is 6.73. The zero-order valence-corrected chi connectivity index (χ0v) is 11.4. The first-order valence-electron chi connectivity index (χ1n) is 6.39. The largest absolute Gasteiger partial charge is 0.493 e. The van der Waals surface area contributed by atoms with Crippen molar-refractivity contribution in [3.8, 4) is 5.75 Å². The van der Waals surface area contributed by atoms with Crippen molar-refractivity contribution >= 4 is 15.9 Å². The monoisotopic (exact) mass is 296 g/mol. The Morgan fingerprint density at radius 3 is 2.82 bits per heavy atom. The topological polar surface area (TPSA) is 29.5 Å². The summed E-state index contributed by atoms with van der Waals surface area (Å²) in [5.41, 5.74) is 2.21. The molecule has 0 amide bonds.